The Hall–Kier alpha value is -15.2. The third kappa shape index (κ3) is 23.9. The molecule has 10 aromatic rings. The number of carbonyl (C=O) groups is 7. The van der Waals surface area contributed by atoms with Crippen molar-refractivity contribution in [2.45, 2.75) is 205 Å². The Bertz CT molecular complexity index is 6850. The SMILES string of the molecule is C=C1C/C(=C\c2cnn3c(NC4CC4)cc(NC4CCC(N)CC4)nc23)C(=O)N1.C=C1NC(=O)C/C1=C\c1cnn2c(NC3CC3)cc(N3CC[C@@H](F)C3)nc12.C=C1NC(=O)C/C1=C\c1cnn2c(NC3CC3)cc(NC(=O)CC(C)(C)C)nc12.C=C1NC(=O)C/C1=C\c1cnn2c(NC3CC3)cc(NC(=O)OCC)nc12.C=C1NC(=O)C/C1=C\c1cnn2c(NCC3CC3)cc(NN3CCOCC3)nc12. The number of carbonyl (C=O) groups excluding carboxylic acids is 7. The molecule has 736 valence electrons. The average Bonchev–Trinajstić information content (AvgIpc) is 1.59. The maximum atomic E-state index is 13.7. The first kappa shape index (κ1) is 94.8. The molecule has 41 nitrogen and oxygen atoms in total. The largest absolute Gasteiger partial charge is 0.450 e. The van der Waals surface area contributed by atoms with Crippen molar-refractivity contribution in [1.29, 1.82) is 0 Å². The van der Waals surface area contributed by atoms with Crippen molar-refractivity contribution in [2.75, 3.05) is 105 Å². The summed E-state index contributed by atoms with van der Waals surface area (Å²) in [5.41, 5.74) is 23.8. The van der Waals surface area contributed by atoms with E-state index in [1.807, 2.05) is 89.3 Å². The van der Waals surface area contributed by atoms with Crippen molar-refractivity contribution in [2.24, 2.45) is 17.1 Å². The van der Waals surface area contributed by atoms with Crippen molar-refractivity contribution in [3.63, 3.8) is 0 Å². The summed E-state index contributed by atoms with van der Waals surface area (Å²) in [6.45, 7) is 32.5. The summed E-state index contributed by atoms with van der Waals surface area (Å²) < 4.78 is 32.9. The van der Waals surface area contributed by atoms with Gasteiger partial charge >= 0.3 is 6.09 Å². The summed E-state index contributed by atoms with van der Waals surface area (Å²) in [6.07, 6.45) is 35.2. The van der Waals surface area contributed by atoms with Crippen LogP contribution in [0, 0.1) is 11.3 Å². The van der Waals surface area contributed by atoms with E-state index in [0.717, 1.165) is 203 Å². The van der Waals surface area contributed by atoms with Gasteiger partial charge in [-0.25, -0.2) is 39.1 Å². The first-order valence-corrected chi connectivity index (χ1v) is 48.4. The lowest BCUT2D eigenvalue weighted by atomic mass is 9.92. The van der Waals surface area contributed by atoms with Gasteiger partial charge in [0.2, 0.25) is 29.5 Å². The van der Waals surface area contributed by atoms with Crippen LogP contribution in [0.2, 0.25) is 0 Å². The van der Waals surface area contributed by atoms with Gasteiger partial charge in [0, 0.05) is 167 Å². The monoisotopic (exact) mass is 1920 g/mol. The Morgan fingerprint density at radius 2 is 0.851 bits per heavy atom. The van der Waals surface area contributed by atoms with E-state index < -0.39 is 12.3 Å². The first-order valence-electron chi connectivity index (χ1n) is 48.4. The van der Waals surface area contributed by atoms with Crippen LogP contribution in [0.1, 0.15) is 190 Å². The highest BCUT2D eigenvalue weighted by molar-refractivity contribution is 6.03. The van der Waals surface area contributed by atoms with E-state index in [4.69, 9.17) is 30.2 Å². The fourth-order valence-electron chi connectivity index (χ4n) is 17.3. The highest BCUT2D eigenvalue weighted by Crippen LogP contribution is 2.38. The molecular weight excluding hydrogens is 1800 g/mol. The molecular formula is C99H119FN32O9. The predicted octanol–water partition coefficient (Wildman–Crippen LogP) is 11.7. The smallest absolute Gasteiger partial charge is 0.412 e. The van der Waals surface area contributed by atoms with Crippen molar-refractivity contribution < 1.29 is 47.4 Å². The van der Waals surface area contributed by atoms with Crippen LogP contribution >= 0.6 is 0 Å². The van der Waals surface area contributed by atoms with Gasteiger partial charge in [0.05, 0.1) is 83.0 Å². The highest BCUT2D eigenvalue weighted by atomic mass is 19.1. The van der Waals surface area contributed by atoms with Crippen molar-refractivity contribution in [3.05, 3.63) is 178 Å². The number of rotatable bonds is 25. The number of anilines is 10. The lowest BCUT2D eigenvalue weighted by Gasteiger charge is -2.27. The Kier molecular flexibility index (Phi) is 27.3. The minimum absolute atomic E-state index is 0.0351. The van der Waals surface area contributed by atoms with E-state index in [1.54, 1.807) is 57.5 Å². The molecule has 7 saturated heterocycles. The Morgan fingerprint density at radius 1 is 0.468 bits per heavy atom. The topological polar surface area (TPSA) is 490 Å². The van der Waals surface area contributed by atoms with E-state index in [0.29, 0.717) is 152 Å². The van der Waals surface area contributed by atoms with E-state index in [-0.39, 0.29) is 60.3 Å². The summed E-state index contributed by atoms with van der Waals surface area (Å²) in [5.74, 6) is 7.73. The number of nitrogens with zero attached hydrogens (tertiary/aromatic N) is 17. The Morgan fingerprint density at radius 3 is 1.24 bits per heavy atom. The number of morpholine rings is 1. The maximum Gasteiger partial charge on any atom is 0.412 e. The van der Waals surface area contributed by atoms with Crippen LogP contribution in [-0.2, 0) is 38.2 Å². The molecule has 6 aliphatic carbocycles. The molecule has 13 fully saturated rings. The molecule has 0 spiro atoms. The molecule has 10 aromatic heterocycles. The van der Waals surface area contributed by atoms with Gasteiger partial charge < -0.3 is 89.3 Å². The number of amides is 7. The van der Waals surface area contributed by atoms with Crippen LogP contribution in [0.3, 0.4) is 0 Å². The molecule has 42 heteroatoms. The second-order valence-electron chi connectivity index (χ2n) is 39.1. The average molecular weight is 1920 g/mol. The molecule has 0 unspecified atom stereocenters. The zero-order valence-corrected chi connectivity index (χ0v) is 79.6. The predicted molar refractivity (Wildman–Crippen MR) is 537 cm³/mol. The van der Waals surface area contributed by atoms with Crippen LogP contribution in [0.15, 0.2) is 151 Å². The summed E-state index contributed by atoms with van der Waals surface area (Å²) >= 11 is 0. The number of nitrogens with two attached hydrogens (primary N) is 1. The second-order valence-corrected chi connectivity index (χ2v) is 39.1. The minimum Gasteiger partial charge on any atom is -0.450 e. The number of alkyl halides is 1. The fourth-order valence-corrected chi connectivity index (χ4v) is 17.3. The van der Waals surface area contributed by atoms with E-state index in [2.05, 4.69) is 148 Å². The molecule has 1 atom stereocenters. The Balaban J connectivity index is 0.000000112. The number of allylic oxidation sites excluding steroid dienone is 5. The third-order valence-electron chi connectivity index (χ3n) is 25.5. The number of halogens is 1. The van der Waals surface area contributed by atoms with Crippen LogP contribution in [-0.4, -0.2) is 215 Å². The van der Waals surface area contributed by atoms with Gasteiger partial charge in [0.25, 0.3) is 5.91 Å². The van der Waals surface area contributed by atoms with Crippen molar-refractivity contribution in [1.82, 2.24) is 105 Å². The molecule has 0 radical (unpaired) electrons. The number of aromatic nitrogens is 15. The summed E-state index contributed by atoms with van der Waals surface area (Å²) in [7, 11) is 0. The van der Waals surface area contributed by atoms with Crippen LogP contribution in [0.25, 0.3) is 58.6 Å². The van der Waals surface area contributed by atoms with Crippen LogP contribution in [0.5, 0.6) is 0 Å². The van der Waals surface area contributed by atoms with Gasteiger partial charge in [-0.05, 0) is 167 Å². The van der Waals surface area contributed by atoms with Gasteiger partial charge in [-0.2, -0.15) is 48.1 Å². The molecule has 141 heavy (non-hydrogen) atoms. The van der Waals surface area contributed by atoms with Crippen molar-refractivity contribution >= 4 is 158 Å². The van der Waals surface area contributed by atoms with Gasteiger partial charge in [-0.1, -0.05) is 53.7 Å². The highest BCUT2D eigenvalue weighted by Gasteiger charge is 2.34. The zero-order chi connectivity index (χ0) is 98.0. The molecule has 13 aliphatic rings. The van der Waals surface area contributed by atoms with Gasteiger partial charge in [-0.3, -0.25) is 34.1 Å². The minimum atomic E-state index is -0.812. The molecule has 23 rings (SSSR count). The lowest BCUT2D eigenvalue weighted by Crippen LogP contribution is -2.40. The van der Waals surface area contributed by atoms with Crippen LogP contribution in [0.4, 0.5) is 67.4 Å². The number of nitrogens with one attached hydrogen (secondary N) is 14. The molecule has 6 saturated carbocycles. The summed E-state index contributed by atoms with van der Waals surface area (Å²) in [5, 5.41) is 64.7. The molecule has 0 aromatic carbocycles. The standard InChI is InChI=1S/C21H27N7O.C21H26N6O2.C20H25N7O2.C19H21FN6O.C18H20N6O3/c1-12-8-13(21(29)24-12)9-14-11-23-28-19(26-17-6-7-17)10-18(27-20(14)28)25-16-4-2-15(22)3-5-16;1-12-13(8-18(28)23-12)7-14-11-22-27-17(24-15-5-6-15)9-16(26-20(14)27)25-19(29)10-21(2,3)4;1-13-15(9-19(28)23-13)8-16-12-22-27-18(21-11-14-2-3-14)10-17(24-20(16)27)25-26-4-6-29-7-5-26;1-11-12(7-18(27)22-11)6-13-9-21-26-17(23-15-2-3-15)8-16(24-19(13)26)25-5-4-14(20)10-25;1-3-27-18(26)23-14-8-15(21-13-4-5-13)24-17(22-14)12(9-19-24)6-11-7-16(25)20-10(11)2/h9-11,15-17,26H,1-8,22H2,(H,24,29)(H,25,27);7,9,11,15,24H,1,5-6,8,10H2,2-4H3,(H,23,28)(H,25,26,29);8,10,12,14,21H,1-7,9,11H2,(H,23,28)(H,24,25);6,8-9,14-15,23H,1-5,7,10H2,(H,22,27);6,8-9,13,21H,2-5,7H2,1H3,(H,20,25)(H,22,23,26)/b13-9+;13-7+;15-8+;12-6+;11-6+/t;;;14-;/m...1./s1. The van der Waals surface area contributed by atoms with Crippen LogP contribution < -0.4 is 85.2 Å². The maximum absolute atomic E-state index is 13.7. The molecule has 16 N–H and O–H groups in total. The van der Waals surface area contributed by atoms with Crippen molar-refractivity contribution in [3.8, 4) is 0 Å². The van der Waals surface area contributed by atoms with Gasteiger partial charge in [0.1, 0.15) is 64.4 Å². The number of hydrazine groups is 1. The van der Waals surface area contributed by atoms with Gasteiger partial charge in [-0.15, -0.1) is 0 Å². The fraction of sp³-hybridized carbons (Fsp3) is 0.424. The summed E-state index contributed by atoms with van der Waals surface area (Å²) in [4.78, 5) is 108. The molecule has 0 bridgehead atoms. The van der Waals surface area contributed by atoms with E-state index >= 15 is 0 Å². The molecule has 7 amide bonds. The van der Waals surface area contributed by atoms with E-state index in [1.165, 1.54) is 25.7 Å². The lowest BCUT2D eigenvalue weighted by molar-refractivity contribution is -0.119. The zero-order valence-electron chi connectivity index (χ0n) is 79.6. The number of hydrogen-bond donors (Lipinski definition) is 15. The first-order chi connectivity index (χ1) is 68.0. The summed E-state index contributed by atoms with van der Waals surface area (Å²) in [6, 6.07) is 12.0. The van der Waals surface area contributed by atoms with Gasteiger partial charge in [0.15, 0.2) is 28.2 Å². The number of ether oxygens (including phenoxy) is 2. The number of hydrogen-bond acceptors (Lipinski definition) is 29. The molecule has 7 aliphatic heterocycles. The third-order valence-corrected chi connectivity index (χ3v) is 25.5. The van der Waals surface area contributed by atoms with E-state index in [9.17, 15) is 38.0 Å². The Labute approximate surface area is 812 Å². The second kappa shape index (κ2) is 40.7. The molecule has 17 heterocycles. The normalized spacial score (nSPS) is 21.7. The number of fused-ring (bicyclic) bond motifs is 5. The quantitative estimate of drug-likeness (QED) is 0.0236.